The molecule has 1 atom stereocenters. The summed E-state index contributed by atoms with van der Waals surface area (Å²) in [5.41, 5.74) is 0. The quantitative estimate of drug-likeness (QED) is 0.747. The standard InChI is InChI=1S/C15H29N3O3/c1-4-12(3)16-9-6-14(19)17-13-7-10-18(11-8-13)15(20)21-5-2/h12-13,16H,4-11H2,1-3H3,(H,17,19). The second-order valence-electron chi connectivity index (χ2n) is 5.54. The minimum Gasteiger partial charge on any atom is -0.450 e. The number of nitrogens with one attached hydrogen (secondary N) is 2. The van der Waals surface area contributed by atoms with Gasteiger partial charge in [0, 0.05) is 38.1 Å². The third-order valence-electron chi connectivity index (χ3n) is 3.84. The van der Waals surface area contributed by atoms with Crippen LogP contribution in [0.5, 0.6) is 0 Å². The summed E-state index contributed by atoms with van der Waals surface area (Å²) in [6, 6.07) is 0.623. The topological polar surface area (TPSA) is 70.7 Å². The Bertz CT molecular complexity index is 328. The molecule has 0 bridgehead atoms. The summed E-state index contributed by atoms with van der Waals surface area (Å²) in [6.45, 7) is 8.45. The van der Waals surface area contributed by atoms with Crippen LogP contribution >= 0.6 is 0 Å². The van der Waals surface area contributed by atoms with Gasteiger partial charge in [-0.1, -0.05) is 6.92 Å². The first-order valence-electron chi connectivity index (χ1n) is 8.01. The van der Waals surface area contributed by atoms with E-state index in [2.05, 4.69) is 24.5 Å². The zero-order valence-electron chi connectivity index (χ0n) is 13.5. The van der Waals surface area contributed by atoms with Crippen molar-refractivity contribution in [1.29, 1.82) is 0 Å². The number of hydrogen-bond acceptors (Lipinski definition) is 4. The van der Waals surface area contributed by atoms with Crippen LogP contribution in [-0.4, -0.2) is 55.2 Å². The highest BCUT2D eigenvalue weighted by molar-refractivity contribution is 5.76. The van der Waals surface area contributed by atoms with Crippen LogP contribution in [0.4, 0.5) is 4.79 Å². The molecule has 1 rings (SSSR count). The summed E-state index contributed by atoms with van der Waals surface area (Å²) in [6.07, 6.45) is 2.91. The predicted octanol–water partition coefficient (Wildman–Crippen LogP) is 1.50. The van der Waals surface area contributed by atoms with Crippen LogP contribution in [-0.2, 0) is 9.53 Å². The monoisotopic (exact) mass is 299 g/mol. The van der Waals surface area contributed by atoms with E-state index in [1.807, 2.05) is 0 Å². The van der Waals surface area contributed by atoms with Crippen molar-refractivity contribution in [2.75, 3.05) is 26.2 Å². The lowest BCUT2D eigenvalue weighted by Gasteiger charge is -2.31. The van der Waals surface area contributed by atoms with Gasteiger partial charge < -0.3 is 20.3 Å². The molecule has 0 aromatic heterocycles. The number of carbonyl (C=O) groups excluding carboxylic acids is 2. The van der Waals surface area contributed by atoms with E-state index < -0.39 is 0 Å². The van der Waals surface area contributed by atoms with Gasteiger partial charge in [0.25, 0.3) is 0 Å². The Labute approximate surface area is 127 Å². The fourth-order valence-corrected chi connectivity index (χ4v) is 2.30. The van der Waals surface area contributed by atoms with Gasteiger partial charge in [0.1, 0.15) is 0 Å². The fourth-order valence-electron chi connectivity index (χ4n) is 2.30. The zero-order valence-corrected chi connectivity index (χ0v) is 13.5. The summed E-state index contributed by atoms with van der Waals surface area (Å²) in [7, 11) is 0. The van der Waals surface area contributed by atoms with Crippen LogP contribution in [0.3, 0.4) is 0 Å². The second kappa shape index (κ2) is 9.60. The van der Waals surface area contributed by atoms with Crippen molar-refractivity contribution in [2.24, 2.45) is 0 Å². The Morgan fingerprint density at radius 2 is 1.95 bits per heavy atom. The molecule has 122 valence electrons. The molecular weight excluding hydrogens is 270 g/mol. The van der Waals surface area contributed by atoms with E-state index in [0.29, 0.717) is 38.7 Å². The minimum atomic E-state index is -0.250. The zero-order chi connectivity index (χ0) is 15.7. The third-order valence-corrected chi connectivity index (χ3v) is 3.84. The Morgan fingerprint density at radius 1 is 1.29 bits per heavy atom. The van der Waals surface area contributed by atoms with Gasteiger partial charge in [-0.15, -0.1) is 0 Å². The Kier molecular flexibility index (Phi) is 8.12. The smallest absolute Gasteiger partial charge is 0.409 e. The van der Waals surface area contributed by atoms with Gasteiger partial charge in [0.05, 0.1) is 6.61 Å². The van der Waals surface area contributed by atoms with E-state index in [-0.39, 0.29) is 18.0 Å². The maximum absolute atomic E-state index is 11.8. The predicted molar refractivity (Wildman–Crippen MR) is 82.1 cm³/mol. The van der Waals surface area contributed by atoms with Crippen LogP contribution in [0.2, 0.25) is 0 Å². The molecule has 0 radical (unpaired) electrons. The van der Waals surface area contributed by atoms with E-state index in [9.17, 15) is 9.59 Å². The van der Waals surface area contributed by atoms with Crippen molar-refractivity contribution in [3.63, 3.8) is 0 Å². The first-order valence-corrected chi connectivity index (χ1v) is 8.01. The average Bonchev–Trinajstić information content (AvgIpc) is 2.48. The molecule has 6 nitrogen and oxygen atoms in total. The molecule has 0 aromatic carbocycles. The third kappa shape index (κ3) is 6.80. The van der Waals surface area contributed by atoms with Crippen LogP contribution in [0.15, 0.2) is 0 Å². The van der Waals surface area contributed by atoms with Crippen LogP contribution in [0.25, 0.3) is 0 Å². The lowest BCUT2D eigenvalue weighted by Crippen LogP contribution is -2.47. The van der Waals surface area contributed by atoms with Crippen LogP contribution in [0.1, 0.15) is 46.5 Å². The fraction of sp³-hybridized carbons (Fsp3) is 0.867. The number of nitrogens with zero attached hydrogens (tertiary/aromatic N) is 1. The van der Waals surface area contributed by atoms with Gasteiger partial charge >= 0.3 is 6.09 Å². The molecule has 1 unspecified atom stereocenters. The molecule has 21 heavy (non-hydrogen) atoms. The van der Waals surface area contributed by atoms with Crippen molar-refractivity contribution in [3.8, 4) is 0 Å². The molecule has 0 saturated carbocycles. The number of piperidine rings is 1. The number of hydrogen-bond donors (Lipinski definition) is 2. The highest BCUT2D eigenvalue weighted by Crippen LogP contribution is 2.11. The highest BCUT2D eigenvalue weighted by atomic mass is 16.6. The van der Waals surface area contributed by atoms with E-state index in [4.69, 9.17) is 4.74 Å². The number of carbonyl (C=O) groups is 2. The molecule has 0 aromatic rings. The number of amides is 2. The molecule has 1 aliphatic heterocycles. The molecule has 1 heterocycles. The van der Waals surface area contributed by atoms with Gasteiger partial charge in [-0.05, 0) is 33.1 Å². The van der Waals surface area contributed by atoms with Crippen LogP contribution in [0, 0.1) is 0 Å². The van der Waals surface area contributed by atoms with E-state index >= 15 is 0 Å². The van der Waals surface area contributed by atoms with Gasteiger partial charge in [0.2, 0.25) is 5.91 Å². The first kappa shape index (κ1) is 17.8. The van der Waals surface area contributed by atoms with Crippen LogP contribution < -0.4 is 10.6 Å². The first-order chi connectivity index (χ1) is 10.1. The van der Waals surface area contributed by atoms with Crippen molar-refractivity contribution < 1.29 is 14.3 Å². The Hall–Kier alpha value is -1.30. The summed E-state index contributed by atoms with van der Waals surface area (Å²) >= 11 is 0. The van der Waals surface area contributed by atoms with Crippen molar-refractivity contribution >= 4 is 12.0 Å². The van der Waals surface area contributed by atoms with Crippen molar-refractivity contribution in [1.82, 2.24) is 15.5 Å². The summed E-state index contributed by atoms with van der Waals surface area (Å²) in [4.78, 5) is 25.1. The largest absolute Gasteiger partial charge is 0.450 e. The summed E-state index contributed by atoms with van der Waals surface area (Å²) < 4.78 is 4.98. The molecule has 2 N–H and O–H groups in total. The SMILES string of the molecule is CCOC(=O)N1CCC(NC(=O)CCNC(C)CC)CC1. The second-order valence-corrected chi connectivity index (χ2v) is 5.54. The Balaban J connectivity index is 2.17. The number of likely N-dealkylation sites (tertiary alicyclic amines) is 1. The molecule has 2 amide bonds. The Morgan fingerprint density at radius 3 is 2.52 bits per heavy atom. The molecule has 0 aliphatic carbocycles. The molecule has 1 fully saturated rings. The molecule has 1 saturated heterocycles. The summed E-state index contributed by atoms with van der Waals surface area (Å²) in [5.74, 6) is 0.0837. The van der Waals surface area contributed by atoms with Crippen molar-refractivity contribution in [2.45, 2.75) is 58.5 Å². The molecule has 0 spiro atoms. The lowest BCUT2D eigenvalue weighted by atomic mass is 10.1. The normalized spacial score (nSPS) is 17.4. The van der Waals surface area contributed by atoms with E-state index in [1.54, 1.807) is 11.8 Å². The maximum Gasteiger partial charge on any atom is 0.409 e. The minimum absolute atomic E-state index is 0.0837. The maximum atomic E-state index is 11.8. The molecular formula is C15H29N3O3. The summed E-state index contributed by atoms with van der Waals surface area (Å²) in [5, 5.41) is 6.35. The van der Waals surface area contributed by atoms with Gasteiger partial charge in [-0.3, -0.25) is 4.79 Å². The number of ether oxygens (including phenoxy) is 1. The number of rotatable bonds is 7. The lowest BCUT2D eigenvalue weighted by molar-refractivity contribution is -0.122. The average molecular weight is 299 g/mol. The van der Waals surface area contributed by atoms with Gasteiger partial charge in [-0.25, -0.2) is 4.79 Å². The van der Waals surface area contributed by atoms with Gasteiger partial charge in [-0.2, -0.15) is 0 Å². The highest BCUT2D eigenvalue weighted by Gasteiger charge is 2.24. The van der Waals surface area contributed by atoms with Crippen molar-refractivity contribution in [3.05, 3.63) is 0 Å². The van der Waals surface area contributed by atoms with E-state index in [0.717, 1.165) is 19.3 Å². The molecule has 1 aliphatic rings. The van der Waals surface area contributed by atoms with Gasteiger partial charge in [0.15, 0.2) is 0 Å². The molecule has 6 heteroatoms. The van der Waals surface area contributed by atoms with E-state index in [1.165, 1.54) is 0 Å².